The summed E-state index contributed by atoms with van der Waals surface area (Å²) >= 11 is 0. The van der Waals surface area contributed by atoms with E-state index in [1.807, 2.05) is 37.3 Å². The largest absolute Gasteiger partial charge is 0.494 e. The van der Waals surface area contributed by atoms with Gasteiger partial charge >= 0.3 is 5.97 Å². The van der Waals surface area contributed by atoms with Crippen LogP contribution >= 0.6 is 0 Å². The lowest BCUT2D eigenvalue weighted by atomic mass is 10.1. The predicted octanol–water partition coefficient (Wildman–Crippen LogP) is 3.26. The van der Waals surface area contributed by atoms with Crippen LogP contribution in [0.15, 0.2) is 36.4 Å². The molecule has 2 aromatic rings. The average Bonchev–Trinajstić information content (AvgIpc) is 2.90. The van der Waals surface area contributed by atoms with Crippen molar-refractivity contribution in [3.05, 3.63) is 42.1 Å². The second-order valence-electron chi connectivity index (χ2n) is 3.96. The van der Waals surface area contributed by atoms with Crippen molar-refractivity contribution < 1.29 is 14.3 Å². The number of H-pyrrole nitrogens is 1. The van der Waals surface area contributed by atoms with E-state index in [-0.39, 0.29) is 5.97 Å². The maximum absolute atomic E-state index is 11.6. The topological polar surface area (TPSA) is 51.3 Å². The van der Waals surface area contributed by atoms with Gasteiger partial charge in [-0.2, -0.15) is 0 Å². The first-order chi connectivity index (χ1) is 9.24. The van der Waals surface area contributed by atoms with Gasteiger partial charge in [-0.25, -0.2) is 4.79 Å². The van der Waals surface area contributed by atoms with Gasteiger partial charge in [0.25, 0.3) is 0 Å². The Morgan fingerprint density at radius 3 is 2.42 bits per heavy atom. The molecule has 1 aromatic carbocycles. The molecule has 4 nitrogen and oxygen atoms in total. The number of hydrogen-bond donors (Lipinski definition) is 1. The summed E-state index contributed by atoms with van der Waals surface area (Å²) in [6.07, 6.45) is 0. The molecular weight excluding hydrogens is 242 g/mol. The number of hydrogen-bond acceptors (Lipinski definition) is 3. The Balaban J connectivity index is 2.15. The van der Waals surface area contributed by atoms with E-state index < -0.39 is 0 Å². The van der Waals surface area contributed by atoms with Gasteiger partial charge in [0.2, 0.25) is 0 Å². The summed E-state index contributed by atoms with van der Waals surface area (Å²) < 4.78 is 10.3. The number of carbonyl (C=O) groups is 1. The van der Waals surface area contributed by atoms with Crippen molar-refractivity contribution in [2.75, 3.05) is 13.2 Å². The molecule has 0 saturated heterocycles. The summed E-state index contributed by atoms with van der Waals surface area (Å²) in [5.41, 5.74) is 2.34. The van der Waals surface area contributed by atoms with Gasteiger partial charge in [0.15, 0.2) is 0 Å². The molecule has 1 heterocycles. The number of nitrogens with one attached hydrogen (secondary N) is 1. The minimum absolute atomic E-state index is 0.334. The van der Waals surface area contributed by atoms with Crippen LogP contribution in [0.2, 0.25) is 0 Å². The monoisotopic (exact) mass is 259 g/mol. The quantitative estimate of drug-likeness (QED) is 0.838. The summed E-state index contributed by atoms with van der Waals surface area (Å²) in [4.78, 5) is 14.6. The fourth-order valence-electron chi connectivity index (χ4n) is 1.79. The van der Waals surface area contributed by atoms with Crippen molar-refractivity contribution in [3.63, 3.8) is 0 Å². The van der Waals surface area contributed by atoms with Crippen molar-refractivity contribution in [3.8, 4) is 17.0 Å². The average molecular weight is 259 g/mol. The Labute approximate surface area is 112 Å². The molecule has 0 unspecified atom stereocenters. The fourth-order valence-corrected chi connectivity index (χ4v) is 1.79. The van der Waals surface area contributed by atoms with Crippen LogP contribution in [0.1, 0.15) is 24.3 Å². The van der Waals surface area contributed by atoms with E-state index in [4.69, 9.17) is 9.47 Å². The van der Waals surface area contributed by atoms with E-state index >= 15 is 0 Å². The Morgan fingerprint density at radius 2 is 1.79 bits per heavy atom. The Bertz CT molecular complexity index is 543. The van der Waals surface area contributed by atoms with Crippen LogP contribution in [0.4, 0.5) is 0 Å². The first-order valence-corrected chi connectivity index (χ1v) is 6.34. The van der Waals surface area contributed by atoms with Gasteiger partial charge in [-0.3, -0.25) is 0 Å². The number of esters is 1. The summed E-state index contributed by atoms with van der Waals surface area (Å²) in [5.74, 6) is 0.503. The third kappa shape index (κ3) is 3.16. The maximum atomic E-state index is 11.6. The van der Waals surface area contributed by atoms with Crippen molar-refractivity contribution in [1.82, 2.24) is 4.98 Å². The van der Waals surface area contributed by atoms with E-state index in [0.717, 1.165) is 17.0 Å². The molecule has 1 N–H and O–H groups in total. The molecule has 0 radical (unpaired) electrons. The van der Waals surface area contributed by atoms with Gasteiger partial charge in [-0.1, -0.05) is 0 Å². The predicted molar refractivity (Wildman–Crippen MR) is 73.4 cm³/mol. The Kier molecular flexibility index (Phi) is 4.23. The Morgan fingerprint density at radius 1 is 1.05 bits per heavy atom. The molecule has 0 bridgehead atoms. The second-order valence-corrected chi connectivity index (χ2v) is 3.96. The minimum atomic E-state index is -0.334. The lowest BCUT2D eigenvalue weighted by Gasteiger charge is -2.04. The normalized spacial score (nSPS) is 10.2. The van der Waals surface area contributed by atoms with Gasteiger partial charge < -0.3 is 14.5 Å². The van der Waals surface area contributed by atoms with E-state index in [1.54, 1.807) is 13.0 Å². The summed E-state index contributed by atoms with van der Waals surface area (Å²) in [7, 11) is 0. The first kappa shape index (κ1) is 13.2. The highest BCUT2D eigenvalue weighted by Crippen LogP contribution is 2.22. The number of carbonyl (C=O) groups excluding carboxylic acids is 1. The molecule has 0 spiro atoms. The molecule has 0 aliphatic rings. The van der Waals surface area contributed by atoms with Gasteiger partial charge in [-0.05, 0) is 55.8 Å². The van der Waals surface area contributed by atoms with Crippen LogP contribution in [0.25, 0.3) is 11.3 Å². The van der Waals surface area contributed by atoms with Crippen LogP contribution in [0.5, 0.6) is 5.75 Å². The SMILES string of the molecule is CCOC(=O)c1ccc(-c2ccc(OCC)cc2)[nH]1. The molecule has 2 rings (SSSR count). The van der Waals surface area contributed by atoms with E-state index in [9.17, 15) is 4.79 Å². The number of aromatic nitrogens is 1. The number of ether oxygens (including phenoxy) is 2. The van der Waals surface area contributed by atoms with E-state index in [1.165, 1.54) is 0 Å². The molecule has 100 valence electrons. The van der Waals surface area contributed by atoms with Crippen LogP contribution in [-0.2, 0) is 4.74 Å². The van der Waals surface area contributed by atoms with E-state index in [2.05, 4.69) is 4.98 Å². The highest BCUT2D eigenvalue weighted by molar-refractivity contribution is 5.88. The van der Waals surface area contributed by atoms with Crippen LogP contribution in [0.3, 0.4) is 0 Å². The summed E-state index contributed by atoms with van der Waals surface area (Å²) in [6, 6.07) is 11.3. The molecule has 0 aliphatic heterocycles. The highest BCUT2D eigenvalue weighted by Gasteiger charge is 2.09. The van der Waals surface area contributed by atoms with Crippen molar-refractivity contribution in [2.24, 2.45) is 0 Å². The highest BCUT2D eigenvalue weighted by atomic mass is 16.5. The lowest BCUT2D eigenvalue weighted by molar-refractivity contribution is 0.0520. The maximum Gasteiger partial charge on any atom is 0.354 e. The summed E-state index contributed by atoms with van der Waals surface area (Å²) in [5, 5.41) is 0. The van der Waals surface area contributed by atoms with Gasteiger partial charge in [0.05, 0.1) is 13.2 Å². The molecule has 0 atom stereocenters. The smallest absolute Gasteiger partial charge is 0.354 e. The zero-order valence-corrected chi connectivity index (χ0v) is 11.1. The van der Waals surface area contributed by atoms with Gasteiger partial charge in [-0.15, -0.1) is 0 Å². The standard InChI is InChI=1S/C15H17NO3/c1-3-18-12-7-5-11(6-8-12)13-9-10-14(16-13)15(17)19-4-2/h5-10,16H,3-4H2,1-2H3. The number of benzene rings is 1. The third-order valence-electron chi connectivity index (χ3n) is 2.66. The van der Waals surface area contributed by atoms with Gasteiger partial charge in [0.1, 0.15) is 11.4 Å². The molecule has 4 heteroatoms. The van der Waals surface area contributed by atoms with Crippen LogP contribution in [-0.4, -0.2) is 24.2 Å². The minimum Gasteiger partial charge on any atom is -0.494 e. The molecule has 0 aliphatic carbocycles. The van der Waals surface area contributed by atoms with Crippen LogP contribution < -0.4 is 4.74 Å². The zero-order valence-electron chi connectivity index (χ0n) is 11.1. The van der Waals surface area contributed by atoms with Gasteiger partial charge in [0, 0.05) is 5.69 Å². The van der Waals surface area contributed by atoms with Crippen molar-refractivity contribution >= 4 is 5.97 Å². The van der Waals surface area contributed by atoms with Crippen LogP contribution in [0, 0.1) is 0 Å². The lowest BCUT2D eigenvalue weighted by Crippen LogP contribution is -2.04. The zero-order chi connectivity index (χ0) is 13.7. The Hall–Kier alpha value is -2.23. The fraction of sp³-hybridized carbons (Fsp3) is 0.267. The van der Waals surface area contributed by atoms with E-state index in [0.29, 0.717) is 18.9 Å². The van der Waals surface area contributed by atoms with Crippen molar-refractivity contribution in [1.29, 1.82) is 0 Å². The molecule has 0 fully saturated rings. The molecule has 0 saturated carbocycles. The van der Waals surface area contributed by atoms with Crippen molar-refractivity contribution in [2.45, 2.75) is 13.8 Å². The number of aromatic amines is 1. The second kappa shape index (κ2) is 6.09. The molecule has 1 aromatic heterocycles. The molecular formula is C15H17NO3. The summed E-state index contributed by atoms with van der Waals surface area (Å²) in [6.45, 7) is 4.75. The molecule has 19 heavy (non-hydrogen) atoms. The first-order valence-electron chi connectivity index (χ1n) is 6.34. The third-order valence-corrected chi connectivity index (χ3v) is 2.66. The number of rotatable bonds is 5. The molecule has 0 amide bonds.